The van der Waals surface area contributed by atoms with E-state index < -0.39 is 0 Å². The summed E-state index contributed by atoms with van der Waals surface area (Å²) in [5, 5.41) is 3.11. The maximum absolute atomic E-state index is 12.9. The van der Waals surface area contributed by atoms with Crippen LogP contribution in [0.25, 0.3) is 0 Å². The Balaban J connectivity index is 1.59. The number of carbonyl (C=O) groups is 1. The van der Waals surface area contributed by atoms with E-state index in [2.05, 4.69) is 5.32 Å². The van der Waals surface area contributed by atoms with Gasteiger partial charge in [-0.3, -0.25) is 4.79 Å². The Kier molecular flexibility index (Phi) is 3.29. The molecule has 102 valence electrons. The number of hydrogen-bond donors (Lipinski definition) is 1. The third-order valence-electron chi connectivity index (χ3n) is 4.64. The van der Waals surface area contributed by atoms with E-state index >= 15 is 0 Å². The second-order valence-electron chi connectivity index (χ2n) is 5.99. The lowest BCUT2D eigenvalue weighted by atomic mass is 9.95. The summed E-state index contributed by atoms with van der Waals surface area (Å²) in [6, 6.07) is 6.72. The highest BCUT2D eigenvalue weighted by molar-refractivity contribution is 5.79. The van der Waals surface area contributed by atoms with E-state index in [-0.39, 0.29) is 23.1 Å². The fraction of sp³-hybridized carbons (Fsp3) is 0.562. The number of rotatable bonds is 4. The third-order valence-corrected chi connectivity index (χ3v) is 4.64. The highest BCUT2D eigenvalue weighted by atomic mass is 19.1. The molecule has 0 heterocycles. The van der Waals surface area contributed by atoms with Crippen LogP contribution in [-0.2, 0) is 10.2 Å². The van der Waals surface area contributed by atoms with Crippen LogP contribution in [0.4, 0.5) is 4.39 Å². The standard InChI is InChI=1S/C16H20FNO/c17-14-7-5-13(6-8-14)16(9-10-16)11-18-15(19)12-3-1-2-4-12/h5-8,12H,1-4,9-11H2,(H,18,19). The summed E-state index contributed by atoms with van der Waals surface area (Å²) in [4.78, 5) is 12.0. The highest BCUT2D eigenvalue weighted by Crippen LogP contribution is 2.47. The van der Waals surface area contributed by atoms with Gasteiger partial charge in [0.1, 0.15) is 5.82 Å². The normalized spacial score (nSPS) is 21.3. The van der Waals surface area contributed by atoms with E-state index in [1.807, 2.05) is 12.1 Å². The lowest BCUT2D eigenvalue weighted by Gasteiger charge is -2.18. The van der Waals surface area contributed by atoms with Crippen LogP contribution in [0.1, 0.15) is 44.1 Å². The Morgan fingerprint density at radius 2 is 1.84 bits per heavy atom. The van der Waals surface area contributed by atoms with Crippen LogP contribution in [0, 0.1) is 11.7 Å². The summed E-state index contributed by atoms with van der Waals surface area (Å²) in [5.41, 5.74) is 1.22. The molecule has 0 aliphatic heterocycles. The summed E-state index contributed by atoms with van der Waals surface area (Å²) < 4.78 is 12.9. The molecule has 3 rings (SSSR count). The Hall–Kier alpha value is -1.38. The summed E-state index contributed by atoms with van der Waals surface area (Å²) in [6.45, 7) is 0.702. The molecule has 0 aromatic heterocycles. The van der Waals surface area contributed by atoms with Crippen LogP contribution < -0.4 is 5.32 Å². The second-order valence-corrected chi connectivity index (χ2v) is 5.99. The summed E-state index contributed by atoms with van der Waals surface area (Å²) in [5.74, 6) is 0.240. The zero-order valence-electron chi connectivity index (χ0n) is 11.1. The van der Waals surface area contributed by atoms with Crippen molar-refractivity contribution in [2.24, 2.45) is 5.92 Å². The van der Waals surface area contributed by atoms with Crippen LogP contribution in [0.3, 0.4) is 0 Å². The predicted octanol–water partition coefficient (Wildman–Crippen LogP) is 3.16. The lowest BCUT2D eigenvalue weighted by molar-refractivity contribution is -0.124. The van der Waals surface area contributed by atoms with E-state index in [1.165, 1.54) is 25.0 Å². The van der Waals surface area contributed by atoms with Crippen molar-refractivity contribution in [2.75, 3.05) is 6.54 Å². The fourth-order valence-corrected chi connectivity index (χ4v) is 3.11. The molecule has 1 amide bonds. The maximum atomic E-state index is 12.9. The van der Waals surface area contributed by atoms with Crippen molar-refractivity contribution >= 4 is 5.91 Å². The van der Waals surface area contributed by atoms with Gasteiger partial charge in [0.2, 0.25) is 5.91 Å². The van der Waals surface area contributed by atoms with E-state index in [1.54, 1.807) is 0 Å². The van der Waals surface area contributed by atoms with Crippen LogP contribution >= 0.6 is 0 Å². The molecule has 19 heavy (non-hydrogen) atoms. The van der Waals surface area contributed by atoms with Crippen molar-refractivity contribution in [1.29, 1.82) is 0 Å². The van der Waals surface area contributed by atoms with Gasteiger partial charge in [0, 0.05) is 17.9 Å². The van der Waals surface area contributed by atoms with Gasteiger partial charge in [0.15, 0.2) is 0 Å². The average molecular weight is 261 g/mol. The molecule has 0 spiro atoms. The molecule has 0 unspecified atom stereocenters. The van der Waals surface area contributed by atoms with Gasteiger partial charge in [0.05, 0.1) is 0 Å². The lowest BCUT2D eigenvalue weighted by Crippen LogP contribution is -2.35. The molecule has 2 aliphatic carbocycles. The van der Waals surface area contributed by atoms with E-state index in [0.29, 0.717) is 6.54 Å². The Bertz CT molecular complexity index is 458. The van der Waals surface area contributed by atoms with Crippen LogP contribution in [0.5, 0.6) is 0 Å². The van der Waals surface area contributed by atoms with Crippen molar-refractivity contribution in [3.8, 4) is 0 Å². The molecule has 0 bridgehead atoms. The molecule has 2 fully saturated rings. The number of nitrogens with one attached hydrogen (secondary N) is 1. The summed E-state index contributed by atoms with van der Waals surface area (Å²) in [7, 11) is 0. The third kappa shape index (κ3) is 2.65. The SMILES string of the molecule is O=C(NCC1(c2ccc(F)cc2)CC1)C1CCCC1. The van der Waals surface area contributed by atoms with Crippen molar-refractivity contribution in [3.05, 3.63) is 35.6 Å². The first-order chi connectivity index (χ1) is 9.20. The molecule has 2 aliphatic rings. The number of halogens is 1. The average Bonchev–Trinajstić information content (AvgIpc) is 3.01. The zero-order valence-corrected chi connectivity index (χ0v) is 11.1. The van der Waals surface area contributed by atoms with Crippen LogP contribution in [-0.4, -0.2) is 12.5 Å². The number of hydrogen-bond acceptors (Lipinski definition) is 1. The minimum absolute atomic E-state index is 0.0714. The first kappa shape index (κ1) is 12.6. The quantitative estimate of drug-likeness (QED) is 0.886. The molecule has 0 atom stereocenters. The number of carbonyl (C=O) groups excluding carboxylic acids is 1. The zero-order chi connectivity index (χ0) is 13.3. The topological polar surface area (TPSA) is 29.1 Å². The first-order valence-electron chi connectivity index (χ1n) is 7.23. The molecule has 0 radical (unpaired) electrons. The van der Waals surface area contributed by atoms with Gasteiger partial charge in [-0.15, -0.1) is 0 Å². The number of benzene rings is 1. The van der Waals surface area contributed by atoms with Gasteiger partial charge >= 0.3 is 0 Å². The molecular formula is C16H20FNO. The van der Waals surface area contributed by atoms with E-state index in [0.717, 1.165) is 31.2 Å². The minimum Gasteiger partial charge on any atom is -0.355 e. The highest BCUT2D eigenvalue weighted by Gasteiger charge is 2.44. The molecule has 0 saturated heterocycles. The van der Waals surface area contributed by atoms with Crippen molar-refractivity contribution in [2.45, 2.75) is 43.9 Å². The van der Waals surface area contributed by atoms with Crippen LogP contribution in [0.15, 0.2) is 24.3 Å². The molecular weight excluding hydrogens is 241 g/mol. The van der Waals surface area contributed by atoms with Gasteiger partial charge in [0.25, 0.3) is 0 Å². The van der Waals surface area contributed by atoms with Gasteiger partial charge < -0.3 is 5.32 Å². The smallest absolute Gasteiger partial charge is 0.223 e. The Morgan fingerprint density at radius 3 is 2.42 bits per heavy atom. The monoisotopic (exact) mass is 261 g/mol. The van der Waals surface area contributed by atoms with Crippen molar-refractivity contribution < 1.29 is 9.18 Å². The fourth-order valence-electron chi connectivity index (χ4n) is 3.11. The molecule has 3 heteroatoms. The van der Waals surface area contributed by atoms with Gasteiger partial charge in [-0.1, -0.05) is 25.0 Å². The molecule has 2 saturated carbocycles. The molecule has 1 N–H and O–H groups in total. The Labute approximate surface area is 113 Å². The molecule has 2 nitrogen and oxygen atoms in total. The first-order valence-corrected chi connectivity index (χ1v) is 7.23. The van der Waals surface area contributed by atoms with Crippen LogP contribution in [0.2, 0.25) is 0 Å². The maximum Gasteiger partial charge on any atom is 0.223 e. The second kappa shape index (κ2) is 4.95. The number of amides is 1. The van der Waals surface area contributed by atoms with Gasteiger partial charge in [-0.2, -0.15) is 0 Å². The van der Waals surface area contributed by atoms with Crippen molar-refractivity contribution in [3.63, 3.8) is 0 Å². The molecule has 1 aromatic carbocycles. The predicted molar refractivity (Wildman–Crippen MR) is 72.3 cm³/mol. The molecule has 1 aromatic rings. The van der Waals surface area contributed by atoms with Gasteiger partial charge in [-0.25, -0.2) is 4.39 Å². The summed E-state index contributed by atoms with van der Waals surface area (Å²) in [6.07, 6.45) is 6.61. The van der Waals surface area contributed by atoms with Crippen molar-refractivity contribution in [1.82, 2.24) is 5.32 Å². The largest absolute Gasteiger partial charge is 0.355 e. The minimum atomic E-state index is -0.199. The Morgan fingerprint density at radius 1 is 1.21 bits per heavy atom. The van der Waals surface area contributed by atoms with Gasteiger partial charge in [-0.05, 0) is 43.4 Å². The van der Waals surface area contributed by atoms with E-state index in [9.17, 15) is 9.18 Å². The van der Waals surface area contributed by atoms with E-state index in [4.69, 9.17) is 0 Å². The summed E-state index contributed by atoms with van der Waals surface area (Å²) >= 11 is 0.